The SMILES string of the molecule is CC(C)Oc1ccc(C(=O)N2CCN(Cc3nc(-c4cccs4)no3)CC2)cc1. The summed E-state index contributed by atoms with van der Waals surface area (Å²) in [6, 6.07) is 11.3. The van der Waals surface area contributed by atoms with Crippen LogP contribution in [0.4, 0.5) is 0 Å². The highest BCUT2D eigenvalue weighted by Crippen LogP contribution is 2.22. The third-order valence-electron chi connectivity index (χ3n) is 4.70. The second-order valence-corrected chi connectivity index (χ2v) is 8.20. The van der Waals surface area contributed by atoms with Gasteiger partial charge in [0.1, 0.15) is 5.75 Å². The van der Waals surface area contributed by atoms with E-state index in [2.05, 4.69) is 15.0 Å². The topological polar surface area (TPSA) is 71.7 Å². The second kappa shape index (κ2) is 8.75. The molecular weight excluding hydrogens is 388 g/mol. The number of nitrogens with zero attached hydrogens (tertiary/aromatic N) is 4. The number of rotatable bonds is 6. The van der Waals surface area contributed by atoms with E-state index >= 15 is 0 Å². The standard InChI is InChI=1S/C21H24N4O3S/c1-15(2)27-17-7-5-16(6-8-17)21(26)25-11-9-24(10-12-25)14-19-22-20(23-28-19)18-4-3-13-29-18/h3-8,13,15H,9-12,14H2,1-2H3. The molecule has 1 fully saturated rings. The Morgan fingerprint density at radius 3 is 2.59 bits per heavy atom. The zero-order chi connectivity index (χ0) is 20.2. The molecule has 0 aliphatic carbocycles. The van der Waals surface area contributed by atoms with E-state index in [1.165, 1.54) is 0 Å². The van der Waals surface area contributed by atoms with Crippen molar-refractivity contribution in [2.24, 2.45) is 0 Å². The Hall–Kier alpha value is -2.71. The predicted octanol–water partition coefficient (Wildman–Crippen LogP) is 3.54. The molecule has 2 aromatic heterocycles. The molecule has 4 rings (SSSR count). The van der Waals surface area contributed by atoms with Crippen LogP contribution in [0.3, 0.4) is 0 Å². The molecule has 0 atom stereocenters. The Balaban J connectivity index is 1.29. The summed E-state index contributed by atoms with van der Waals surface area (Å²) in [4.78, 5) is 22.4. The van der Waals surface area contributed by atoms with Gasteiger partial charge in [0.2, 0.25) is 11.7 Å². The molecule has 0 spiro atoms. The fourth-order valence-corrected chi connectivity index (χ4v) is 3.91. The van der Waals surface area contributed by atoms with Crippen molar-refractivity contribution < 1.29 is 14.1 Å². The number of amides is 1. The van der Waals surface area contributed by atoms with Gasteiger partial charge in [-0.1, -0.05) is 11.2 Å². The lowest BCUT2D eigenvalue weighted by molar-refractivity contribution is 0.0615. The summed E-state index contributed by atoms with van der Waals surface area (Å²) in [6.45, 7) is 7.46. The number of carbonyl (C=O) groups excluding carboxylic acids is 1. The van der Waals surface area contributed by atoms with E-state index in [9.17, 15) is 4.79 Å². The molecule has 0 N–H and O–H groups in total. The quantitative estimate of drug-likeness (QED) is 0.617. The third-order valence-corrected chi connectivity index (χ3v) is 5.57. The first-order valence-corrected chi connectivity index (χ1v) is 10.6. The fourth-order valence-electron chi connectivity index (χ4n) is 3.26. The molecule has 1 saturated heterocycles. The van der Waals surface area contributed by atoms with Crippen LogP contribution in [0.5, 0.6) is 5.75 Å². The van der Waals surface area contributed by atoms with Gasteiger partial charge in [0.25, 0.3) is 5.91 Å². The summed E-state index contributed by atoms with van der Waals surface area (Å²) >= 11 is 1.59. The minimum absolute atomic E-state index is 0.0542. The first kappa shape index (κ1) is 19.6. The van der Waals surface area contributed by atoms with Crippen molar-refractivity contribution in [3.05, 3.63) is 53.2 Å². The fraction of sp³-hybridized carbons (Fsp3) is 0.381. The highest BCUT2D eigenvalue weighted by molar-refractivity contribution is 7.13. The van der Waals surface area contributed by atoms with Crippen molar-refractivity contribution in [3.63, 3.8) is 0 Å². The molecule has 8 heteroatoms. The van der Waals surface area contributed by atoms with Gasteiger partial charge in [-0.3, -0.25) is 9.69 Å². The maximum atomic E-state index is 12.8. The first-order valence-electron chi connectivity index (χ1n) is 9.73. The van der Waals surface area contributed by atoms with Crippen molar-refractivity contribution >= 4 is 17.2 Å². The van der Waals surface area contributed by atoms with Crippen LogP contribution in [0, 0.1) is 0 Å². The van der Waals surface area contributed by atoms with Gasteiger partial charge in [0, 0.05) is 31.7 Å². The molecule has 0 bridgehead atoms. The molecule has 1 amide bonds. The zero-order valence-corrected chi connectivity index (χ0v) is 17.4. The van der Waals surface area contributed by atoms with Crippen LogP contribution in [0.2, 0.25) is 0 Å². The van der Waals surface area contributed by atoms with Gasteiger partial charge in [-0.2, -0.15) is 4.98 Å². The van der Waals surface area contributed by atoms with Crippen LogP contribution in [-0.4, -0.2) is 58.1 Å². The lowest BCUT2D eigenvalue weighted by atomic mass is 10.1. The molecule has 0 radical (unpaired) electrons. The molecule has 1 aliphatic rings. The van der Waals surface area contributed by atoms with E-state index in [1.807, 2.05) is 60.5 Å². The van der Waals surface area contributed by atoms with Gasteiger partial charge in [-0.25, -0.2) is 0 Å². The van der Waals surface area contributed by atoms with Crippen LogP contribution in [0.25, 0.3) is 10.7 Å². The highest BCUT2D eigenvalue weighted by Gasteiger charge is 2.23. The molecule has 3 aromatic rings. The van der Waals surface area contributed by atoms with Crippen LogP contribution < -0.4 is 4.74 Å². The molecule has 29 heavy (non-hydrogen) atoms. The molecule has 0 unspecified atom stereocenters. The number of ether oxygens (including phenoxy) is 1. The molecule has 3 heterocycles. The lowest BCUT2D eigenvalue weighted by Gasteiger charge is -2.34. The van der Waals surface area contributed by atoms with Crippen molar-refractivity contribution in [2.45, 2.75) is 26.5 Å². The summed E-state index contributed by atoms with van der Waals surface area (Å²) in [7, 11) is 0. The van der Waals surface area contributed by atoms with Crippen LogP contribution in [0.1, 0.15) is 30.1 Å². The van der Waals surface area contributed by atoms with Crippen LogP contribution in [0.15, 0.2) is 46.3 Å². The molecule has 7 nitrogen and oxygen atoms in total. The Morgan fingerprint density at radius 1 is 1.17 bits per heavy atom. The minimum atomic E-state index is 0.0542. The maximum absolute atomic E-state index is 12.8. The number of benzene rings is 1. The summed E-state index contributed by atoms with van der Waals surface area (Å²) < 4.78 is 11.0. The summed E-state index contributed by atoms with van der Waals surface area (Å²) in [5, 5.41) is 6.05. The van der Waals surface area contributed by atoms with Gasteiger partial charge < -0.3 is 14.2 Å². The first-order chi connectivity index (χ1) is 14.1. The second-order valence-electron chi connectivity index (χ2n) is 7.25. The molecule has 152 valence electrons. The largest absolute Gasteiger partial charge is 0.491 e. The Morgan fingerprint density at radius 2 is 1.93 bits per heavy atom. The van der Waals surface area contributed by atoms with Gasteiger partial charge in [0.15, 0.2) is 0 Å². The maximum Gasteiger partial charge on any atom is 0.253 e. The van der Waals surface area contributed by atoms with Crippen molar-refractivity contribution in [1.82, 2.24) is 19.9 Å². The number of hydrogen-bond acceptors (Lipinski definition) is 7. The average molecular weight is 413 g/mol. The van der Waals surface area contributed by atoms with Crippen molar-refractivity contribution in [2.75, 3.05) is 26.2 Å². The van der Waals surface area contributed by atoms with Crippen molar-refractivity contribution in [3.8, 4) is 16.5 Å². The Bertz CT molecular complexity index is 929. The Labute approximate surface area is 173 Å². The van der Waals surface area contributed by atoms with Crippen LogP contribution >= 0.6 is 11.3 Å². The van der Waals surface area contributed by atoms with E-state index < -0.39 is 0 Å². The van der Waals surface area contributed by atoms with Crippen molar-refractivity contribution in [1.29, 1.82) is 0 Å². The zero-order valence-electron chi connectivity index (χ0n) is 16.6. The van der Waals surface area contributed by atoms with E-state index in [0.29, 0.717) is 36.9 Å². The molecule has 0 saturated carbocycles. The minimum Gasteiger partial charge on any atom is -0.491 e. The molecule has 1 aromatic carbocycles. The monoisotopic (exact) mass is 412 g/mol. The average Bonchev–Trinajstić information content (AvgIpc) is 3.40. The smallest absolute Gasteiger partial charge is 0.253 e. The third kappa shape index (κ3) is 4.83. The highest BCUT2D eigenvalue weighted by atomic mass is 32.1. The number of piperazine rings is 1. The van der Waals surface area contributed by atoms with Gasteiger partial charge in [-0.15, -0.1) is 11.3 Å². The normalized spacial score (nSPS) is 15.1. The van der Waals surface area contributed by atoms with E-state index in [0.717, 1.165) is 23.7 Å². The Kier molecular flexibility index (Phi) is 5.92. The summed E-state index contributed by atoms with van der Waals surface area (Å²) in [5.41, 5.74) is 0.687. The molecular formula is C21H24N4O3S. The van der Waals surface area contributed by atoms with E-state index in [4.69, 9.17) is 9.26 Å². The molecule has 1 aliphatic heterocycles. The van der Waals surface area contributed by atoms with Gasteiger partial charge in [0.05, 0.1) is 17.5 Å². The van der Waals surface area contributed by atoms with Gasteiger partial charge in [-0.05, 0) is 49.6 Å². The number of thiophene rings is 1. The van der Waals surface area contributed by atoms with Crippen LogP contribution in [-0.2, 0) is 6.54 Å². The number of carbonyl (C=O) groups is 1. The summed E-state index contributed by atoms with van der Waals surface area (Å²) in [5.74, 6) is 2.07. The van der Waals surface area contributed by atoms with Gasteiger partial charge >= 0.3 is 0 Å². The summed E-state index contributed by atoms with van der Waals surface area (Å²) in [6.07, 6.45) is 0.116. The number of aromatic nitrogens is 2. The van der Waals surface area contributed by atoms with E-state index in [-0.39, 0.29) is 12.0 Å². The lowest BCUT2D eigenvalue weighted by Crippen LogP contribution is -2.48. The number of hydrogen-bond donors (Lipinski definition) is 0. The van der Waals surface area contributed by atoms with E-state index in [1.54, 1.807) is 11.3 Å². The predicted molar refractivity (Wildman–Crippen MR) is 111 cm³/mol.